The zero-order chi connectivity index (χ0) is 14.3. The van der Waals surface area contributed by atoms with Crippen LogP contribution in [0, 0.1) is 16.7 Å². The third-order valence-electron chi connectivity index (χ3n) is 3.17. The maximum Gasteiger partial charge on any atom is 0.0684 e. The molecule has 0 aliphatic carbocycles. The van der Waals surface area contributed by atoms with E-state index in [4.69, 9.17) is 5.26 Å². The minimum Gasteiger partial charge on any atom is -0.310 e. The third kappa shape index (κ3) is 5.67. The number of nitrogens with one attached hydrogen (secondary N) is 1. The molecule has 0 radical (unpaired) electrons. The van der Waals surface area contributed by atoms with Gasteiger partial charge in [0.1, 0.15) is 0 Å². The summed E-state index contributed by atoms with van der Waals surface area (Å²) in [5.74, 6) is 0.986. The summed E-state index contributed by atoms with van der Waals surface area (Å²) in [4.78, 5) is 1.29. The van der Waals surface area contributed by atoms with E-state index in [1.807, 2.05) is 25.6 Å². The van der Waals surface area contributed by atoms with Crippen LogP contribution in [0.3, 0.4) is 0 Å². The predicted molar refractivity (Wildman–Crippen MR) is 83.3 cm³/mol. The zero-order valence-electron chi connectivity index (χ0n) is 12.4. The van der Waals surface area contributed by atoms with E-state index in [9.17, 15) is 0 Å². The van der Waals surface area contributed by atoms with Crippen LogP contribution in [0.1, 0.15) is 45.7 Å². The summed E-state index contributed by atoms with van der Waals surface area (Å²) in [5, 5.41) is 12.4. The number of thioether (sulfide) groups is 1. The maximum absolute atomic E-state index is 9.00. The topological polar surface area (TPSA) is 35.8 Å². The van der Waals surface area contributed by atoms with Crippen molar-refractivity contribution in [1.29, 1.82) is 5.26 Å². The molecule has 0 amide bonds. The summed E-state index contributed by atoms with van der Waals surface area (Å²) < 4.78 is 0. The molecule has 0 aromatic heterocycles. The van der Waals surface area contributed by atoms with Crippen LogP contribution < -0.4 is 5.32 Å². The maximum atomic E-state index is 9.00. The first-order valence-corrected chi connectivity index (χ1v) is 7.84. The van der Waals surface area contributed by atoms with Crippen molar-refractivity contribution < 1.29 is 0 Å². The highest BCUT2D eigenvalue weighted by atomic mass is 32.2. The highest BCUT2D eigenvalue weighted by Gasteiger charge is 2.16. The first-order chi connectivity index (χ1) is 8.98. The van der Waals surface area contributed by atoms with Crippen LogP contribution in [0.4, 0.5) is 0 Å². The van der Waals surface area contributed by atoms with E-state index < -0.39 is 0 Å². The number of nitrogens with zero attached hydrogens (tertiary/aromatic N) is 1. The minimum absolute atomic E-state index is 0.221. The second-order valence-corrected chi connectivity index (χ2v) is 6.61. The van der Waals surface area contributed by atoms with Crippen molar-refractivity contribution in [2.24, 2.45) is 5.41 Å². The van der Waals surface area contributed by atoms with Gasteiger partial charge in [0.2, 0.25) is 0 Å². The Morgan fingerprint density at radius 2 is 2.16 bits per heavy atom. The van der Waals surface area contributed by atoms with Crippen molar-refractivity contribution in [2.45, 2.75) is 45.1 Å². The normalized spacial score (nSPS) is 13.0. The van der Waals surface area contributed by atoms with Gasteiger partial charge in [0.25, 0.3) is 0 Å². The Bertz CT molecular complexity index is 435. The van der Waals surface area contributed by atoms with Gasteiger partial charge in [-0.15, -0.1) is 11.8 Å². The monoisotopic (exact) mass is 276 g/mol. The summed E-state index contributed by atoms with van der Waals surface area (Å²) in [6.45, 7) is 9.29. The molecule has 3 heteroatoms. The van der Waals surface area contributed by atoms with Crippen LogP contribution >= 0.6 is 11.8 Å². The number of hydrogen-bond donors (Lipinski definition) is 1. The lowest BCUT2D eigenvalue weighted by atomic mass is 9.93. The Hall–Kier alpha value is -0.980. The minimum atomic E-state index is -0.221. The summed E-state index contributed by atoms with van der Waals surface area (Å²) in [7, 11) is 0. The van der Waals surface area contributed by atoms with Crippen LogP contribution in [0.5, 0.6) is 0 Å². The standard InChI is InChI=1S/C16H24N2S/c1-5-18-13(2)14-7-6-8-15(11-14)19-10-9-16(3,4)12-17/h6-8,11,13,18H,5,9-10H2,1-4H3. The van der Waals surface area contributed by atoms with Crippen LogP contribution in [0.15, 0.2) is 29.2 Å². The van der Waals surface area contributed by atoms with Crippen molar-refractivity contribution in [3.63, 3.8) is 0 Å². The van der Waals surface area contributed by atoms with E-state index >= 15 is 0 Å². The van der Waals surface area contributed by atoms with Gasteiger partial charge in [-0.2, -0.15) is 5.26 Å². The number of nitriles is 1. The van der Waals surface area contributed by atoms with Crippen molar-refractivity contribution in [2.75, 3.05) is 12.3 Å². The SMILES string of the molecule is CCNC(C)c1cccc(SCCC(C)(C)C#N)c1. The summed E-state index contributed by atoms with van der Waals surface area (Å²) in [6, 6.07) is 11.4. The molecule has 0 spiro atoms. The molecule has 19 heavy (non-hydrogen) atoms. The third-order valence-corrected chi connectivity index (χ3v) is 4.16. The molecule has 0 aliphatic rings. The molecule has 0 saturated carbocycles. The van der Waals surface area contributed by atoms with E-state index in [1.165, 1.54) is 10.5 Å². The van der Waals surface area contributed by atoms with Gasteiger partial charge in [0.15, 0.2) is 0 Å². The Morgan fingerprint density at radius 1 is 1.42 bits per heavy atom. The number of hydrogen-bond acceptors (Lipinski definition) is 3. The van der Waals surface area contributed by atoms with E-state index in [0.29, 0.717) is 6.04 Å². The molecule has 0 saturated heterocycles. The Morgan fingerprint density at radius 3 is 2.79 bits per heavy atom. The van der Waals surface area contributed by atoms with Crippen molar-refractivity contribution in [3.8, 4) is 6.07 Å². The first kappa shape index (κ1) is 16.1. The molecule has 0 aliphatic heterocycles. The van der Waals surface area contributed by atoms with Gasteiger partial charge in [0, 0.05) is 10.9 Å². The van der Waals surface area contributed by atoms with Gasteiger partial charge in [-0.25, -0.2) is 0 Å². The molecule has 1 N–H and O–H groups in total. The molecule has 1 aromatic carbocycles. The van der Waals surface area contributed by atoms with Crippen LogP contribution in [-0.4, -0.2) is 12.3 Å². The lowest BCUT2D eigenvalue weighted by molar-refractivity contribution is 0.482. The molecular formula is C16H24N2S. The number of rotatable bonds is 7. The average molecular weight is 276 g/mol. The zero-order valence-corrected chi connectivity index (χ0v) is 13.2. The highest BCUT2D eigenvalue weighted by Crippen LogP contribution is 2.27. The second-order valence-electron chi connectivity index (χ2n) is 5.45. The summed E-state index contributed by atoms with van der Waals surface area (Å²) in [6.07, 6.45) is 0.918. The first-order valence-electron chi connectivity index (χ1n) is 6.86. The van der Waals surface area contributed by atoms with E-state index in [2.05, 4.69) is 49.5 Å². The van der Waals surface area contributed by atoms with Crippen molar-refractivity contribution in [1.82, 2.24) is 5.32 Å². The Kier molecular flexibility index (Phi) is 6.41. The van der Waals surface area contributed by atoms with Gasteiger partial charge < -0.3 is 5.32 Å². The fraction of sp³-hybridized carbons (Fsp3) is 0.562. The highest BCUT2D eigenvalue weighted by molar-refractivity contribution is 7.99. The Balaban J connectivity index is 2.56. The lowest BCUT2D eigenvalue weighted by Crippen LogP contribution is -2.17. The van der Waals surface area contributed by atoms with Crippen LogP contribution in [0.25, 0.3) is 0 Å². The lowest BCUT2D eigenvalue weighted by Gasteiger charge is -2.15. The van der Waals surface area contributed by atoms with Crippen LogP contribution in [0.2, 0.25) is 0 Å². The van der Waals surface area contributed by atoms with Crippen molar-refractivity contribution >= 4 is 11.8 Å². The van der Waals surface area contributed by atoms with Crippen LogP contribution in [-0.2, 0) is 0 Å². The molecule has 1 unspecified atom stereocenters. The van der Waals surface area contributed by atoms with Crippen molar-refractivity contribution in [3.05, 3.63) is 29.8 Å². The predicted octanol–water partition coefficient (Wildman–Crippen LogP) is 4.39. The van der Waals surface area contributed by atoms with Gasteiger partial charge in [-0.05, 0) is 57.2 Å². The summed E-state index contributed by atoms with van der Waals surface area (Å²) >= 11 is 1.83. The van der Waals surface area contributed by atoms with Gasteiger partial charge in [-0.3, -0.25) is 0 Å². The molecule has 0 heterocycles. The quantitative estimate of drug-likeness (QED) is 0.750. The van der Waals surface area contributed by atoms with E-state index in [-0.39, 0.29) is 5.41 Å². The van der Waals surface area contributed by atoms with Gasteiger partial charge in [-0.1, -0.05) is 19.1 Å². The fourth-order valence-corrected chi connectivity index (χ4v) is 3.02. The molecule has 104 valence electrons. The second kappa shape index (κ2) is 7.57. The number of benzene rings is 1. The fourth-order valence-electron chi connectivity index (χ4n) is 1.78. The molecule has 0 fully saturated rings. The molecule has 1 atom stereocenters. The summed E-state index contributed by atoms with van der Waals surface area (Å²) in [5.41, 5.74) is 1.10. The molecule has 1 aromatic rings. The largest absolute Gasteiger partial charge is 0.310 e. The smallest absolute Gasteiger partial charge is 0.0684 e. The van der Waals surface area contributed by atoms with E-state index in [1.54, 1.807) is 0 Å². The molecule has 2 nitrogen and oxygen atoms in total. The molecular weight excluding hydrogens is 252 g/mol. The molecule has 1 rings (SSSR count). The van der Waals surface area contributed by atoms with Gasteiger partial charge >= 0.3 is 0 Å². The van der Waals surface area contributed by atoms with E-state index in [0.717, 1.165) is 18.7 Å². The average Bonchev–Trinajstić information content (AvgIpc) is 2.39. The Labute approximate surface area is 121 Å². The molecule has 0 bridgehead atoms. The van der Waals surface area contributed by atoms with Gasteiger partial charge in [0.05, 0.1) is 11.5 Å².